The van der Waals surface area contributed by atoms with Crippen LogP contribution in [0.1, 0.15) is 74.2 Å². The second-order valence-corrected chi connectivity index (χ2v) is 9.80. The van der Waals surface area contributed by atoms with Crippen LogP contribution >= 0.6 is 11.6 Å². The molecule has 0 unspecified atom stereocenters. The molecule has 4 nitrogen and oxygen atoms in total. The number of amides is 1. The van der Waals surface area contributed by atoms with Crippen LogP contribution in [0.15, 0.2) is 42.5 Å². The second kappa shape index (κ2) is 8.93. The first-order valence-electron chi connectivity index (χ1n) is 11.1. The van der Waals surface area contributed by atoms with Crippen molar-refractivity contribution in [3.63, 3.8) is 0 Å². The Hall–Kier alpha value is -2.51. The van der Waals surface area contributed by atoms with E-state index < -0.39 is 0 Å². The summed E-state index contributed by atoms with van der Waals surface area (Å²) in [6, 6.07) is 13.5. The van der Waals surface area contributed by atoms with Crippen molar-refractivity contribution in [2.24, 2.45) is 5.41 Å². The van der Waals surface area contributed by atoms with Crippen molar-refractivity contribution < 1.29 is 9.53 Å². The van der Waals surface area contributed by atoms with Gasteiger partial charge < -0.3 is 10.1 Å². The van der Waals surface area contributed by atoms with Gasteiger partial charge in [-0.25, -0.2) is 4.85 Å². The number of nitrogens with one attached hydrogen (secondary N) is 1. The highest BCUT2D eigenvalue weighted by Crippen LogP contribution is 2.52. The van der Waals surface area contributed by atoms with Crippen molar-refractivity contribution in [1.29, 1.82) is 0 Å². The zero-order valence-corrected chi connectivity index (χ0v) is 18.9. The van der Waals surface area contributed by atoms with Crippen LogP contribution in [0.2, 0.25) is 5.02 Å². The standard InChI is InChI=1S/C26H29ClN2O2/c1-17(2)18-4-6-19(7-5-18)25(30)29-20-15-26(16-20)12-10-21(11-13-26)31-22-8-9-24(28-3)23(27)14-22/h4-9,14,17,20-21H,10-13,15-16H2,1-2H3,(H,29,30). The Bertz CT molecular complexity index is 977. The number of nitrogens with zero attached hydrogens (tertiary/aromatic N) is 1. The van der Waals surface area contributed by atoms with Gasteiger partial charge in [0.15, 0.2) is 0 Å². The quantitative estimate of drug-likeness (QED) is 0.517. The fourth-order valence-electron chi connectivity index (χ4n) is 4.95. The first-order chi connectivity index (χ1) is 14.9. The summed E-state index contributed by atoms with van der Waals surface area (Å²) in [7, 11) is 0. The van der Waals surface area contributed by atoms with E-state index in [-0.39, 0.29) is 18.1 Å². The van der Waals surface area contributed by atoms with E-state index in [1.54, 1.807) is 12.1 Å². The van der Waals surface area contributed by atoms with Gasteiger partial charge in [0.25, 0.3) is 5.91 Å². The van der Waals surface area contributed by atoms with Crippen LogP contribution in [0.25, 0.3) is 4.85 Å². The van der Waals surface area contributed by atoms with Crippen molar-refractivity contribution in [3.05, 3.63) is 70.0 Å². The van der Waals surface area contributed by atoms with Crippen LogP contribution in [0.5, 0.6) is 5.75 Å². The van der Waals surface area contributed by atoms with Gasteiger partial charge in [0.05, 0.1) is 17.7 Å². The molecular weight excluding hydrogens is 408 g/mol. The number of ether oxygens (including phenoxy) is 1. The Kier molecular flexibility index (Phi) is 6.25. The lowest BCUT2D eigenvalue weighted by Crippen LogP contribution is -2.52. The van der Waals surface area contributed by atoms with Gasteiger partial charge in [0.1, 0.15) is 5.75 Å². The minimum Gasteiger partial charge on any atom is -0.490 e. The predicted octanol–water partition coefficient (Wildman–Crippen LogP) is 6.91. The Balaban J connectivity index is 1.23. The third kappa shape index (κ3) is 4.88. The minimum absolute atomic E-state index is 0.0342. The van der Waals surface area contributed by atoms with Crippen molar-refractivity contribution in [3.8, 4) is 5.75 Å². The van der Waals surface area contributed by atoms with Gasteiger partial charge in [0.2, 0.25) is 5.69 Å². The topological polar surface area (TPSA) is 42.7 Å². The van der Waals surface area contributed by atoms with Crippen molar-refractivity contribution in [2.75, 3.05) is 0 Å². The SMILES string of the molecule is [C-]#[N+]c1ccc(OC2CCC3(CC2)CC(NC(=O)c2ccc(C(C)C)cc2)C3)cc1Cl. The van der Waals surface area contributed by atoms with Gasteiger partial charge in [-0.2, -0.15) is 0 Å². The number of carbonyl (C=O) groups is 1. The molecule has 31 heavy (non-hydrogen) atoms. The van der Waals surface area contributed by atoms with Gasteiger partial charge in [-0.3, -0.25) is 4.79 Å². The molecule has 2 fully saturated rings. The Morgan fingerprint density at radius 1 is 1.16 bits per heavy atom. The molecule has 2 aromatic carbocycles. The van der Waals surface area contributed by atoms with Crippen LogP contribution in [-0.4, -0.2) is 18.1 Å². The molecular formula is C26H29ClN2O2. The third-order valence-electron chi connectivity index (χ3n) is 6.87. The fourth-order valence-corrected chi connectivity index (χ4v) is 5.16. The van der Waals surface area contributed by atoms with Gasteiger partial charge in [-0.1, -0.05) is 43.6 Å². The Labute approximate surface area is 189 Å². The molecule has 0 bridgehead atoms. The van der Waals surface area contributed by atoms with E-state index in [1.165, 1.54) is 5.56 Å². The molecule has 2 aromatic rings. The van der Waals surface area contributed by atoms with Crippen LogP contribution in [0.4, 0.5) is 5.69 Å². The lowest BCUT2D eigenvalue weighted by molar-refractivity contribution is 0.000353. The molecule has 2 aliphatic rings. The summed E-state index contributed by atoms with van der Waals surface area (Å²) in [4.78, 5) is 16.0. The monoisotopic (exact) mass is 436 g/mol. The second-order valence-electron chi connectivity index (χ2n) is 9.40. The van der Waals surface area contributed by atoms with Crippen LogP contribution in [0.3, 0.4) is 0 Å². The zero-order valence-electron chi connectivity index (χ0n) is 18.2. The van der Waals surface area contributed by atoms with Gasteiger partial charge in [-0.15, -0.1) is 0 Å². The Morgan fingerprint density at radius 2 is 1.84 bits per heavy atom. The highest BCUT2D eigenvalue weighted by Gasteiger charge is 2.46. The maximum atomic E-state index is 12.6. The summed E-state index contributed by atoms with van der Waals surface area (Å²) in [6.45, 7) is 11.4. The zero-order chi connectivity index (χ0) is 22.0. The number of carbonyl (C=O) groups excluding carboxylic acids is 1. The van der Waals surface area contributed by atoms with E-state index in [1.807, 2.05) is 30.3 Å². The molecule has 0 atom stereocenters. The molecule has 2 saturated carbocycles. The normalized spacial score (nSPS) is 25.0. The molecule has 162 valence electrons. The molecule has 1 N–H and O–H groups in total. The fraction of sp³-hybridized carbons (Fsp3) is 0.462. The largest absolute Gasteiger partial charge is 0.490 e. The predicted molar refractivity (Wildman–Crippen MR) is 124 cm³/mol. The number of hydrogen-bond donors (Lipinski definition) is 1. The molecule has 0 heterocycles. The third-order valence-corrected chi connectivity index (χ3v) is 7.17. The minimum atomic E-state index is 0.0342. The summed E-state index contributed by atoms with van der Waals surface area (Å²) in [5, 5.41) is 3.65. The van der Waals surface area contributed by atoms with Gasteiger partial charge in [-0.05, 0) is 79.7 Å². The van der Waals surface area contributed by atoms with Crippen molar-refractivity contribution in [1.82, 2.24) is 5.32 Å². The van der Waals surface area contributed by atoms with Crippen LogP contribution in [-0.2, 0) is 0 Å². The Morgan fingerprint density at radius 3 is 2.42 bits per heavy atom. The maximum Gasteiger partial charge on any atom is 0.251 e. The lowest BCUT2D eigenvalue weighted by atomic mass is 9.58. The molecule has 5 heteroatoms. The van der Waals surface area contributed by atoms with E-state index in [4.69, 9.17) is 22.9 Å². The summed E-state index contributed by atoms with van der Waals surface area (Å²) >= 11 is 6.12. The molecule has 4 rings (SSSR count). The molecule has 0 aliphatic heterocycles. The van der Waals surface area contributed by atoms with Gasteiger partial charge >= 0.3 is 0 Å². The molecule has 0 saturated heterocycles. The molecule has 0 radical (unpaired) electrons. The number of rotatable bonds is 5. The molecule has 2 aliphatic carbocycles. The highest BCUT2D eigenvalue weighted by atomic mass is 35.5. The summed E-state index contributed by atoms with van der Waals surface area (Å²) in [5.41, 5.74) is 2.80. The molecule has 1 spiro atoms. The van der Waals surface area contributed by atoms with Crippen molar-refractivity contribution in [2.45, 2.75) is 70.4 Å². The number of hydrogen-bond acceptors (Lipinski definition) is 2. The molecule has 1 amide bonds. The van der Waals surface area contributed by atoms with Crippen molar-refractivity contribution >= 4 is 23.2 Å². The summed E-state index contributed by atoms with van der Waals surface area (Å²) < 4.78 is 6.12. The highest BCUT2D eigenvalue weighted by molar-refractivity contribution is 6.33. The number of halogens is 1. The van der Waals surface area contributed by atoms with E-state index in [0.717, 1.165) is 49.8 Å². The first-order valence-corrected chi connectivity index (χ1v) is 11.5. The number of benzene rings is 2. The average molecular weight is 437 g/mol. The van der Waals surface area contributed by atoms with Gasteiger partial charge in [0, 0.05) is 11.6 Å². The lowest BCUT2D eigenvalue weighted by Gasteiger charge is -2.51. The maximum absolute atomic E-state index is 12.6. The van der Waals surface area contributed by atoms with E-state index in [9.17, 15) is 4.79 Å². The average Bonchev–Trinajstić information content (AvgIpc) is 2.74. The van der Waals surface area contributed by atoms with Crippen LogP contribution < -0.4 is 10.1 Å². The van der Waals surface area contributed by atoms with E-state index >= 15 is 0 Å². The van der Waals surface area contributed by atoms with E-state index in [0.29, 0.717) is 22.0 Å². The van der Waals surface area contributed by atoms with E-state index in [2.05, 4.69) is 24.0 Å². The summed E-state index contributed by atoms with van der Waals surface area (Å²) in [6.07, 6.45) is 6.58. The first kappa shape index (κ1) is 21.7. The molecule has 0 aromatic heterocycles. The summed E-state index contributed by atoms with van der Waals surface area (Å²) in [5.74, 6) is 1.24. The van der Waals surface area contributed by atoms with Crippen LogP contribution in [0, 0.1) is 12.0 Å². The smallest absolute Gasteiger partial charge is 0.251 e.